The summed E-state index contributed by atoms with van der Waals surface area (Å²) >= 11 is 0. The average Bonchev–Trinajstić information content (AvgIpc) is 3.32. The number of rotatable bonds is 6. The third kappa shape index (κ3) is 3.90. The average molecular weight is 381 g/mol. The van der Waals surface area contributed by atoms with Crippen molar-refractivity contribution in [3.63, 3.8) is 0 Å². The molecule has 0 aliphatic carbocycles. The van der Waals surface area contributed by atoms with Crippen molar-refractivity contribution >= 4 is 5.82 Å². The van der Waals surface area contributed by atoms with Crippen LogP contribution in [-0.4, -0.2) is 47.4 Å². The lowest BCUT2D eigenvalue weighted by atomic mass is 9.97. The van der Waals surface area contributed by atoms with Gasteiger partial charge in [-0.25, -0.2) is 15.0 Å². The highest BCUT2D eigenvalue weighted by Gasteiger charge is 2.27. The van der Waals surface area contributed by atoms with Gasteiger partial charge in [0.15, 0.2) is 5.82 Å². The quantitative estimate of drug-likeness (QED) is 0.654. The molecule has 4 rings (SSSR count). The van der Waals surface area contributed by atoms with Gasteiger partial charge in [-0.2, -0.15) is 0 Å². The Hall–Kier alpha value is -2.77. The molecule has 148 valence electrons. The minimum Gasteiger partial charge on any atom is -0.356 e. The van der Waals surface area contributed by atoms with Gasteiger partial charge in [0.25, 0.3) is 0 Å². The van der Waals surface area contributed by atoms with Crippen LogP contribution < -0.4 is 4.90 Å². The van der Waals surface area contributed by atoms with Crippen LogP contribution in [0.5, 0.6) is 0 Å². The normalized spacial score (nSPS) is 17.2. The fraction of sp³-hybridized carbons (Fsp3) is 0.550. The fourth-order valence-electron chi connectivity index (χ4n) is 3.97. The van der Waals surface area contributed by atoms with Crippen molar-refractivity contribution in [2.45, 2.75) is 52.0 Å². The van der Waals surface area contributed by atoms with E-state index in [1.807, 2.05) is 24.0 Å². The van der Waals surface area contributed by atoms with E-state index in [1.54, 1.807) is 6.20 Å². The molecule has 4 heterocycles. The Kier molecular flexibility index (Phi) is 5.36. The van der Waals surface area contributed by atoms with E-state index in [9.17, 15) is 0 Å². The first-order chi connectivity index (χ1) is 13.6. The van der Waals surface area contributed by atoms with Crippen molar-refractivity contribution in [1.29, 1.82) is 0 Å². The van der Waals surface area contributed by atoms with Crippen molar-refractivity contribution in [3.8, 4) is 0 Å². The molecule has 1 fully saturated rings. The Bertz CT molecular complexity index is 914. The third-order valence-corrected chi connectivity index (χ3v) is 5.38. The number of aromatic nitrogens is 7. The maximum Gasteiger partial charge on any atom is 0.152 e. The second-order valence-electron chi connectivity index (χ2n) is 7.57. The minimum atomic E-state index is 0.354. The van der Waals surface area contributed by atoms with Crippen molar-refractivity contribution in [1.82, 2.24) is 34.3 Å². The first-order valence-electron chi connectivity index (χ1n) is 10.1. The summed E-state index contributed by atoms with van der Waals surface area (Å²) in [4.78, 5) is 15.8. The lowest BCUT2D eigenvalue weighted by molar-refractivity contribution is 0.475. The van der Waals surface area contributed by atoms with Gasteiger partial charge >= 0.3 is 0 Å². The summed E-state index contributed by atoms with van der Waals surface area (Å²) in [5.41, 5.74) is 1.13. The molecule has 1 aliphatic heterocycles. The second-order valence-corrected chi connectivity index (χ2v) is 7.57. The standard InChI is InChI=1S/C20H28N8/c1-4-6-17-11-18(23-15(2)22-17)28-9-5-7-16(12-28)20-25-24-19(26(20)3)13-27-10-8-21-14-27/h8,10-11,14,16H,4-7,9,12-13H2,1-3H3/t16-/m1/s1. The van der Waals surface area contributed by atoms with Gasteiger partial charge in [0, 0.05) is 50.2 Å². The Morgan fingerprint density at radius 2 is 2.11 bits per heavy atom. The molecule has 8 nitrogen and oxygen atoms in total. The number of hydrogen-bond donors (Lipinski definition) is 0. The van der Waals surface area contributed by atoms with Gasteiger partial charge in [0.05, 0.1) is 12.9 Å². The molecule has 1 saturated heterocycles. The smallest absolute Gasteiger partial charge is 0.152 e. The Morgan fingerprint density at radius 1 is 1.21 bits per heavy atom. The molecule has 0 unspecified atom stereocenters. The van der Waals surface area contributed by atoms with Gasteiger partial charge < -0.3 is 14.0 Å². The summed E-state index contributed by atoms with van der Waals surface area (Å²) in [5, 5.41) is 8.97. The number of imidazole rings is 1. The van der Waals surface area contributed by atoms with E-state index in [0.717, 1.165) is 67.8 Å². The zero-order valence-corrected chi connectivity index (χ0v) is 16.9. The molecule has 28 heavy (non-hydrogen) atoms. The van der Waals surface area contributed by atoms with Gasteiger partial charge in [-0.1, -0.05) is 13.3 Å². The highest BCUT2D eigenvalue weighted by atomic mass is 15.3. The largest absolute Gasteiger partial charge is 0.356 e. The molecule has 0 bridgehead atoms. The SMILES string of the molecule is CCCc1cc(N2CCC[C@@H](c3nnc(Cn4ccnc4)n3C)C2)nc(C)n1. The number of piperidine rings is 1. The van der Waals surface area contributed by atoms with E-state index in [-0.39, 0.29) is 0 Å². The first kappa shape index (κ1) is 18.6. The van der Waals surface area contributed by atoms with E-state index in [1.165, 1.54) is 0 Å². The molecule has 0 saturated carbocycles. The van der Waals surface area contributed by atoms with Crippen LogP contribution in [0.15, 0.2) is 24.8 Å². The lowest BCUT2D eigenvalue weighted by Crippen LogP contribution is -2.36. The summed E-state index contributed by atoms with van der Waals surface area (Å²) in [5.74, 6) is 4.26. The molecule has 0 N–H and O–H groups in total. The molecule has 1 atom stereocenters. The topological polar surface area (TPSA) is 77.5 Å². The monoisotopic (exact) mass is 380 g/mol. The van der Waals surface area contributed by atoms with Crippen molar-refractivity contribution in [2.24, 2.45) is 7.05 Å². The van der Waals surface area contributed by atoms with Gasteiger partial charge in [0.2, 0.25) is 0 Å². The van der Waals surface area contributed by atoms with Crippen molar-refractivity contribution in [2.75, 3.05) is 18.0 Å². The molecule has 0 amide bonds. The minimum absolute atomic E-state index is 0.354. The summed E-state index contributed by atoms with van der Waals surface area (Å²) < 4.78 is 4.15. The predicted molar refractivity (Wildman–Crippen MR) is 107 cm³/mol. The van der Waals surface area contributed by atoms with Crippen molar-refractivity contribution < 1.29 is 0 Å². The molecule has 1 aliphatic rings. The van der Waals surface area contributed by atoms with Gasteiger partial charge in [0.1, 0.15) is 17.5 Å². The number of anilines is 1. The summed E-state index contributed by atoms with van der Waals surface area (Å²) in [6, 6.07) is 2.15. The van der Waals surface area contributed by atoms with Crippen molar-refractivity contribution in [3.05, 3.63) is 48.0 Å². The zero-order chi connectivity index (χ0) is 19.5. The van der Waals surface area contributed by atoms with Crippen LogP contribution in [0.3, 0.4) is 0 Å². The Labute approximate surface area is 165 Å². The summed E-state index contributed by atoms with van der Waals surface area (Å²) in [6.07, 6.45) is 9.88. The third-order valence-electron chi connectivity index (χ3n) is 5.38. The zero-order valence-electron chi connectivity index (χ0n) is 16.9. The Morgan fingerprint density at radius 3 is 2.89 bits per heavy atom. The second kappa shape index (κ2) is 8.08. The van der Waals surface area contributed by atoms with Crippen LogP contribution in [0.1, 0.15) is 55.3 Å². The van der Waals surface area contributed by atoms with Crippen LogP contribution in [0, 0.1) is 6.92 Å². The molecule has 0 aromatic carbocycles. The highest BCUT2D eigenvalue weighted by Crippen LogP contribution is 2.29. The van der Waals surface area contributed by atoms with E-state index in [0.29, 0.717) is 12.5 Å². The van der Waals surface area contributed by atoms with Crippen LogP contribution in [0.4, 0.5) is 5.82 Å². The number of aryl methyl sites for hydroxylation is 2. The number of nitrogens with zero attached hydrogens (tertiary/aromatic N) is 8. The first-order valence-corrected chi connectivity index (χ1v) is 10.1. The predicted octanol–water partition coefficient (Wildman–Crippen LogP) is 2.49. The summed E-state index contributed by atoms with van der Waals surface area (Å²) in [6.45, 7) is 6.79. The van der Waals surface area contributed by atoms with E-state index < -0.39 is 0 Å². The molecule has 3 aromatic rings. The van der Waals surface area contributed by atoms with Crippen LogP contribution >= 0.6 is 0 Å². The van der Waals surface area contributed by atoms with Crippen LogP contribution in [-0.2, 0) is 20.0 Å². The maximum absolute atomic E-state index is 4.71. The molecule has 0 radical (unpaired) electrons. The lowest BCUT2D eigenvalue weighted by Gasteiger charge is -2.33. The van der Waals surface area contributed by atoms with Gasteiger partial charge in [-0.05, 0) is 26.2 Å². The number of hydrogen-bond acceptors (Lipinski definition) is 6. The van der Waals surface area contributed by atoms with E-state index in [2.05, 4.69) is 49.7 Å². The van der Waals surface area contributed by atoms with Gasteiger partial charge in [-0.3, -0.25) is 0 Å². The van der Waals surface area contributed by atoms with Gasteiger partial charge in [-0.15, -0.1) is 10.2 Å². The molecular weight excluding hydrogens is 352 g/mol. The van der Waals surface area contributed by atoms with E-state index in [4.69, 9.17) is 4.98 Å². The van der Waals surface area contributed by atoms with Crippen LogP contribution in [0.25, 0.3) is 0 Å². The summed E-state index contributed by atoms with van der Waals surface area (Å²) in [7, 11) is 2.06. The molecule has 0 spiro atoms. The maximum atomic E-state index is 4.71. The van der Waals surface area contributed by atoms with E-state index >= 15 is 0 Å². The highest BCUT2D eigenvalue weighted by molar-refractivity contribution is 5.41. The molecular formula is C20H28N8. The van der Waals surface area contributed by atoms with Crippen LogP contribution in [0.2, 0.25) is 0 Å². The molecule has 3 aromatic heterocycles. The molecule has 8 heteroatoms. The Balaban J connectivity index is 1.52. The fourth-order valence-corrected chi connectivity index (χ4v) is 3.97.